The second-order valence-electron chi connectivity index (χ2n) is 8.89. The molecule has 0 radical (unpaired) electrons. The Bertz CT molecular complexity index is 1510. The fourth-order valence-electron chi connectivity index (χ4n) is 4.75. The van der Waals surface area contributed by atoms with Crippen LogP contribution in [0.5, 0.6) is 17.2 Å². The topological polar surface area (TPSA) is 96.1 Å². The van der Waals surface area contributed by atoms with Crippen molar-refractivity contribution >= 4 is 11.6 Å². The summed E-state index contributed by atoms with van der Waals surface area (Å²) in [6.07, 6.45) is 1.11. The van der Waals surface area contributed by atoms with Gasteiger partial charge in [0.15, 0.2) is 0 Å². The molecule has 0 saturated heterocycles. The van der Waals surface area contributed by atoms with Crippen LogP contribution in [0.4, 0.5) is 0 Å². The normalized spacial score (nSPS) is 11.0. The first-order valence-electron chi connectivity index (χ1n) is 12.6. The van der Waals surface area contributed by atoms with Gasteiger partial charge in [0.25, 0.3) is 5.56 Å². The number of hydrogen-bond donors (Lipinski definition) is 1. The molecule has 0 aliphatic heterocycles. The number of methoxy groups -OCH3 is 3. The van der Waals surface area contributed by atoms with Gasteiger partial charge in [0.2, 0.25) is 5.91 Å². The van der Waals surface area contributed by atoms with Crippen molar-refractivity contribution in [3.63, 3.8) is 0 Å². The van der Waals surface area contributed by atoms with Crippen LogP contribution in [0.15, 0.2) is 53.3 Å². The fourth-order valence-corrected chi connectivity index (χ4v) is 4.75. The van der Waals surface area contributed by atoms with E-state index in [9.17, 15) is 9.59 Å². The van der Waals surface area contributed by atoms with Gasteiger partial charge in [-0.15, -0.1) is 0 Å². The molecule has 9 heteroatoms. The van der Waals surface area contributed by atoms with E-state index < -0.39 is 0 Å². The molecule has 4 aromatic rings. The average Bonchev–Trinajstić information content (AvgIpc) is 3.38. The van der Waals surface area contributed by atoms with E-state index in [1.807, 2.05) is 62.4 Å². The minimum Gasteiger partial charge on any atom is -0.497 e. The maximum absolute atomic E-state index is 13.5. The number of nitrogens with one attached hydrogen (secondary N) is 1. The third kappa shape index (κ3) is 5.37. The summed E-state index contributed by atoms with van der Waals surface area (Å²) in [5.41, 5.74) is 4.33. The summed E-state index contributed by atoms with van der Waals surface area (Å²) in [5, 5.41) is 7.58. The SMILES string of the molecule is CCn1c(C)c(CCC(=O)NCCc2cc(OC)ccc2OC)c(=O)n2nc(-c3ccccc3OC)cc12. The van der Waals surface area contributed by atoms with Gasteiger partial charge in [0, 0.05) is 42.4 Å². The van der Waals surface area contributed by atoms with Crippen LogP contribution < -0.4 is 25.1 Å². The van der Waals surface area contributed by atoms with E-state index in [1.165, 1.54) is 4.52 Å². The lowest BCUT2D eigenvalue weighted by Gasteiger charge is -2.15. The van der Waals surface area contributed by atoms with Crippen LogP contribution in [0.1, 0.15) is 30.2 Å². The Morgan fingerprint density at radius 1 is 0.974 bits per heavy atom. The molecule has 0 fully saturated rings. The maximum Gasteiger partial charge on any atom is 0.277 e. The third-order valence-electron chi connectivity index (χ3n) is 6.76. The van der Waals surface area contributed by atoms with Crippen molar-refractivity contribution in [3.8, 4) is 28.5 Å². The monoisotopic (exact) mass is 518 g/mol. The Hall–Kier alpha value is -4.27. The lowest BCUT2D eigenvalue weighted by Crippen LogP contribution is -2.29. The van der Waals surface area contributed by atoms with Gasteiger partial charge < -0.3 is 24.1 Å². The first-order valence-corrected chi connectivity index (χ1v) is 12.6. The summed E-state index contributed by atoms with van der Waals surface area (Å²) in [4.78, 5) is 26.1. The molecule has 0 bridgehead atoms. The number of rotatable bonds is 11. The van der Waals surface area contributed by atoms with Crippen molar-refractivity contribution < 1.29 is 19.0 Å². The fraction of sp³-hybridized carbons (Fsp3) is 0.345. The zero-order chi connectivity index (χ0) is 27.2. The Morgan fingerprint density at radius 2 is 1.74 bits per heavy atom. The van der Waals surface area contributed by atoms with Gasteiger partial charge >= 0.3 is 0 Å². The first-order chi connectivity index (χ1) is 18.4. The van der Waals surface area contributed by atoms with Crippen molar-refractivity contribution in [2.75, 3.05) is 27.9 Å². The van der Waals surface area contributed by atoms with Gasteiger partial charge in [-0.3, -0.25) is 9.59 Å². The Balaban J connectivity index is 1.51. The highest BCUT2D eigenvalue weighted by atomic mass is 16.5. The molecule has 200 valence electrons. The average molecular weight is 519 g/mol. The van der Waals surface area contributed by atoms with Crippen LogP contribution >= 0.6 is 0 Å². The predicted octanol–water partition coefficient (Wildman–Crippen LogP) is 3.81. The molecule has 0 aliphatic rings. The number of carbonyl (C=O) groups excluding carboxylic acids is 1. The van der Waals surface area contributed by atoms with Crippen molar-refractivity contribution in [1.29, 1.82) is 0 Å². The number of benzene rings is 2. The summed E-state index contributed by atoms with van der Waals surface area (Å²) in [7, 11) is 4.84. The molecule has 2 aromatic carbocycles. The number of aryl methyl sites for hydroxylation is 1. The van der Waals surface area contributed by atoms with E-state index in [0.29, 0.717) is 48.6 Å². The van der Waals surface area contributed by atoms with Gasteiger partial charge in [-0.2, -0.15) is 9.61 Å². The standard InChI is InChI=1S/C29H34N4O5/c1-6-32-19(2)22(12-14-27(34)30-16-15-20-17-21(36-3)11-13-25(20)37-4)29(35)33-28(32)18-24(31-33)23-9-7-8-10-26(23)38-5/h7-11,13,17-18H,6,12,14-16H2,1-5H3,(H,30,34). The van der Waals surface area contributed by atoms with Gasteiger partial charge in [-0.05, 0) is 62.6 Å². The molecule has 0 saturated carbocycles. The number of amides is 1. The lowest BCUT2D eigenvalue weighted by molar-refractivity contribution is -0.121. The molecule has 4 rings (SSSR count). The zero-order valence-corrected chi connectivity index (χ0v) is 22.5. The van der Waals surface area contributed by atoms with Crippen LogP contribution in [0, 0.1) is 6.92 Å². The highest BCUT2D eigenvalue weighted by Gasteiger charge is 2.19. The number of aromatic nitrogens is 3. The van der Waals surface area contributed by atoms with Crippen molar-refractivity contribution in [2.45, 2.75) is 39.7 Å². The molecular weight excluding hydrogens is 484 g/mol. The van der Waals surface area contributed by atoms with Gasteiger partial charge in [0.05, 0.1) is 27.0 Å². The molecule has 2 aromatic heterocycles. The molecule has 0 unspecified atom stereocenters. The summed E-state index contributed by atoms with van der Waals surface area (Å²) >= 11 is 0. The van der Waals surface area contributed by atoms with Crippen LogP contribution in [0.3, 0.4) is 0 Å². The molecule has 38 heavy (non-hydrogen) atoms. The largest absolute Gasteiger partial charge is 0.497 e. The predicted molar refractivity (Wildman–Crippen MR) is 146 cm³/mol. The Kier molecular flexibility index (Phi) is 8.35. The summed E-state index contributed by atoms with van der Waals surface area (Å²) < 4.78 is 19.7. The van der Waals surface area contributed by atoms with Crippen molar-refractivity contribution in [3.05, 3.63) is 75.7 Å². The number of carbonyl (C=O) groups is 1. The Labute approximate surface area is 222 Å². The molecule has 1 N–H and O–H groups in total. The van der Waals surface area contributed by atoms with Crippen LogP contribution in [0.25, 0.3) is 16.9 Å². The molecule has 0 aliphatic carbocycles. The van der Waals surface area contributed by atoms with E-state index in [0.717, 1.165) is 28.3 Å². The van der Waals surface area contributed by atoms with Gasteiger partial charge in [0.1, 0.15) is 22.9 Å². The van der Waals surface area contributed by atoms with Crippen LogP contribution in [-0.2, 0) is 24.2 Å². The van der Waals surface area contributed by atoms with Crippen molar-refractivity contribution in [2.24, 2.45) is 0 Å². The second-order valence-corrected chi connectivity index (χ2v) is 8.89. The number of hydrogen-bond acceptors (Lipinski definition) is 6. The van der Waals surface area contributed by atoms with Crippen LogP contribution in [0.2, 0.25) is 0 Å². The van der Waals surface area contributed by atoms with Crippen LogP contribution in [-0.4, -0.2) is 48.0 Å². The smallest absolute Gasteiger partial charge is 0.277 e. The highest BCUT2D eigenvalue weighted by molar-refractivity contribution is 5.76. The van der Waals surface area contributed by atoms with E-state index in [2.05, 4.69) is 15.0 Å². The number of para-hydroxylation sites is 1. The summed E-state index contributed by atoms with van der Waals surface area (Å²) in [6.45, 7) is 5.05. The van der Waals surface area contributed by atoms with E-state index in [-0.39, 0.29) is 17.9 Å². The molecule has 0 spiro atoms. The first kappa shape index (κ1) is 26.8. The number of ether oxygens (including phenoxy) is 3. The maximum atomic E-state index is 13.5. The zero-order valence-electron chi connectivity index (χ0n) is 22.5. The molecule has 1 amide bonds. The molecule has 0 atom stereocenters. The molecular formula is C29H34N4O5. The third-order valence-corrected chi connectivity index (χ3v) is 6.76. The summed E-state index contributed by atoms with van der Waals surface area (Å²) in [5.74, 6) is 2.05. The Morgan fingerprint density at radius 3 is 2.45 bits per heavy atom. The minimum absolute atomic E-state index is 0.121. The highest BCUT2D eigenvalue weighted by Crippen LogP contribution is 2.29. The van der Waals surface area contributed by atoms with E-state index >= 15 is 0 Å². The molecule has 2 heterocycles. The second kappa shape index (κ2) is 11.9. The number of fused-ring (bicyclic) bond motifs is 1. The minimum atomic E-state index is -0.211. The van der Waals surface area contributed by atoms with Gasteiger partial charge in [-0.1, -0.05) is 12.1 Å². The number of nitrogens with zero attached hydrogens (tertiary/aromatic N) is 3. The quantitative estimate of drug-likeness (QED) is 0.324. The van der Waals surface area contributed by atoms with E-state index in [4.69, 9.17) is 14.2 Å². The van der Waals surface area contributed by atoms with Gasteiger partial charge in [-0.25, -0.2) is 0 Å². The van der Waals surface area contributed by atoms with Crippen molar-refractivity contribution in [1.82, 2.24) is 19.5 Å². The summed E-state index contributed by atoms with van der Waals surface area (Å²) in [6, 6.07) is 15.1. The molecule has 9 nitrogen and oxygen atoms in total. The lowest BCUT2D eigenvalue weighted by atomic mass is 10.1. The van der Waals surface area contributed by atoms with E-state index in [1.54, 1.807) is 21.3 Å².